The standard InChI is InChI=1S/C15H19ClFN5OS/c1-23-6-2-5-19-14-10(13(18)24)8-20-15(22-14)21-9-3-4-12(17)11(16)7-9/h3-4,7-8,13,24H,2,5-6,18H2,1H3,(H2,19,20,21,22). The lowest BCUT2D eigenvalue weighted by molar-refractivity contribution is 0.197. The fourth-order valence-corrected chi connectivity index (χ4v) is 2.31. The number of rotatable bonds is 8. The topological polar surface area (TPSA) is 85.1 Å². The zero-order chi connectivity index (χ0) is 17.5. The number of halogens is 2. The number of aromatic nitrogens is 2. The molecular weight excluding hydrogens is 353 g/mol. The number of thiol groups is 1. The lowest BCUT2D eigenvalue weighted by Gasteiger charge is -2.14. The van der Waals surface area contributed by atoms with Gasteiger partial charge in [-0.2, -0.15) is 17.6 Å². The summed E-state index contributed by atoms with van der Waals surface area (Å²) in [6, 6.07) is 4.28. The van der Waals surface area contributed by atoms with E-state index in [0.29, 0.717) is 36.2 Å². The average Bonchev–Trinajstić information content (AvgIpc) is 2.55. The molecule has 1 aromatic heterocycles. The van der Waals surface area contributed by atoms with E-state index in [4.69, 9.17) is 22.1 Å². The fraction of sp³-hybridized carbons (Fsp3) is 0.333. The summed E-state index contributed by atoms with van der Waals surface area (Å²) in [6.07, 6.45) is 2.41. The normalized spacial score (nSPS) is 12.0. The molecule has 0 aliphatic carbocycles. The lowest BCUT2D eigenvalue weighted by atomic mass is 10.3. The number of ether oxygens (including phenoxy) is 1. The molecule has 0 spiro atoms. The van der Waals surface area contributed by atoms with E-state index in [1.54, 1.807) is 19.4 Å². The zero-order valence-corrected chi connectivity index (χ0v) is 14.7. The number of hydrogen-bond acceptors (Lipinski definition) is 7. The molecule has 0 radical (unpaired) electrons. The van der Waals surface area contributed by atoms with Crippen LogP contribution in [0.2, 0.25) is 5.02 Å². The van der Waals surface area contributed by atoms with Crippen molar-refractivity contribution in [2.24, 2.45) is 5.73 Å². The molecule has 0 aliphatic heterocycles. The number of nitrogens with zero attached hydrogens (tertiary/aromatic N) is 2. The molecule has 0 saturated carbocycles. The Labute approximate surface area is 150 Å². The average molecular weight is 372 g/mol. The van der Waals surface area contributed by atoms with Gasteiger partial charge in [0.15, 0.2) is 0 Å². The van der Waals surface area contributed by atoms with Crippen LogP contribution in [0.5, 0.6) is 0 Å². The second-order valence-electron chi connectivity index (χ2n) is 4.97. The van der Waals surface area contributed by atoms with Crippen LogP contribution in [0.15, 0.2) is 24.4 Å². The van der Waals surface area contributed by atoms with Gasteiger partial charge in [-0.1, -0.05) is 11.6 Å². The minimum Gasteiger partial charge on any atom is -0.385 e. The van der Waals surface area contributed by atoms with Crippen LogP contribution < -0.4 is 16.4 Å². The smallest absolute Gasteiger partial charge is 0.229 e. The second-order valence-corrected chi connectivity index (χ2v) is 5.93. The summed E-state index contributed by atoms with van der Waals surface area (Å²) in [5.41, 5.74) is 7.08. The first-order valence-corrected chi connectivity index (χ1v) is 8.16. The van der Waals surface area contributed by atoms with Gasteiger partial charge >= 0.3 is 0 Å². The highest BCUT2D eigenvalue weighted by Crippen LogP contribution is 2.25. The molecule has 6 nitrogen and oxygen atoms in total. The van der Waals surface area contributed by atoms with Crippen molar-refractivity contribution in [2.75, 3.05) is 30.9 Å². The van der Waals surface area contributed by atoms with Crippen molar-refractivity contribution in [3.05, 3.63) is 40.8 Å². The van der Waals surface area contributed by atoms with Gasteiger partial charge in [-0.3, -0.25) is 0 Å². The van der Waals surface area contributed by atoms with Gasteiger partial charge < -0.3 is 21.1 Å². The Morgan fingerprint density at radius 3 is 2.92 bits per heavy atom. The van der Waals surface area contributed by atoms with Gasteiger partial charge in [0.05, 0.1) is 10.4 Å². The monoisotopic (exact) mass is 371 g/mol. The van der Waals surface area contributed by atoms with Crippen LogP contribution in [-0.4, -0.2) is 30.2 Å². The number of nitrogens with two attached hydrogens (primary N) is 1. The Morgan fingerprint density at radius 1 is 1.46 bits per heavy atom. The third-order valence-electron chi connectivity index (χ3n) is 3.13. The van der Waals surface area contributed by atoms with Crippen LogP contribution in [0.3, 0.4) is 0 Å². The molecule has 2 aromatic rings. The summed E-state index contributed by atoms with van der Waals surface area (Å²) in [5.74, 6) is 0.434. The van der Waals surface area contributed by atoms with E-state index in [1.165, 1.54) is 12.1 Å². The molecule has 1 unspecified atom stereocenters. The van der Waals surface area contributed by atoms with Gasteiger partial charge in [-0.15, -0.1) is 0 Å². The van der Waals surface area contributed by atoms with Gasteiger partial charge in [0.2, 0.25) is 5.95 Å². The fourth-order valence-electron chi connectivity index (χ4n) is 1.94. The first-order chi connectivity index (χ1) is 11.5. The molecule has 0 aliphatic rings. The van der Waals surface area contributed by atoms with E-state index in [9.17, 15) is 4.39 Å². The van der Waals surface area contributed by atoms with Crippen LogP contribution in [0.4, 0.5) is 21.8 Å². The van der Waals surface area contributed by atoms with Gasteiger partial charge in [-0.05, 0) is 24.6 Å². The predicted octanol–water partition coefficient (Wildman–Crippen LogP) is 3.35. The maximum absolute atomic E-state index is 13.2. The molecule has 0 saturated heterocycles. The van der Waals surface area contributed by atoms with Crippen LogP contribution in [0.25, 0.3) is 0 Å². The number of benzene rings is 1. The largest absolute Gasteiger partial charge is 0.385 e. The van der Waals surface area contributed by atoms with E-state index < -0.39 is 11.2 Å². The summed E-state index contributed by atoms with van der Waals surface area (Å²) < 4.78 is 18.2. The van der Waals surface area contributed by atoms with Gasteiger partial charge in [0.25, 0.3) is 0 Å². The van der Waals surface area contributed by atoms with Crippen LogP contribution in [0.1, 0.15) is 17.4 Å². The highest BCUT2D eigenvalue weighted by Gasteiger charge is 2.12. The van der Waals surface area contributed by atoms with Gasteiger partial charge in [0.1, 0.15) is 11.6 Å². The van der Waals surface area contributed by atoms with Crippen molar-refractivity contribution < 1.29 is 9.13 Å². The minimum atomic E-state index is -0.510. The van der Waals surface area contributed by atoms with Crippen LogP contribution in [0, 0.1) is 5.82 Å². The Hall–Kier alpha value is -1.61. The molecule has 0 amide bonds. The Balaban J connectivity index is 2.16. The third-order valence-corrected chi connectivity index (χ3v) is 3.70. The Morgan fingerprint density at radius 2 is 2.25 bits per heavy atom. The van der Waals surface area contributed by atoms with Crippen LogP contribution >= 0.6 is 24.2 Å². The second kappa shape index (κ2) is 9.03. The van der Waals surface area contributed by atoms with Crippen LogP contribution in [-0.2, 0) is 4.74 Å². The van der Waals surface area contributed by atoms with Crippen molar-refractivity contribution in [3.63, 3.8) is 0 Å². The van der Waals surface area contributed by atoms with E-state index in [2.05, 4.69) is 33.2 Å². The van der Waals surface area contributed by atoms with Gasteiger partial charge in [0, 0.05) is 37.7 Å². The van der Waals surface area contributed by atoms with Crippen molar-refractivity contribution in [3.8, 4) is 0 Å². The maximum Gasteiger partial charge on any atom is 0.229 e. The number of anilines is 3. The van der Waals surface area contributed by atoms with Gasteiger partial charge in [-0.25, -0.2) is 9.37 Å². The summed E-state index contributed by atoms with van der Waals surface area (Å²) >= 11 is 10.0. The minimum absolute atomic E-state index is 0.0203. The molecule has 130 valence electrons. The molecule has 4 N–H and O–H groups in total. The van der Waals surface area contributed by atoms with E-state index in [-0.39, 0.29) is 5.02 Å². The first-order valence-electron chi connectivity index (χ1n) is 7.26. The quantitative estimate of drug-likeness (QED) is 0.323. The summed E-state index contributed by atoms with van der Waals surface area (Å²) in [6.45, 7) is 1.31. The number of nitrogens with one attached hydrogen (secondary N) is 2. The molecule has 0 fully saturated rings. The summed E-state index contributed by atoms with van der Waals surface area (Å²) in [5, 5.41) is 5.68. The van der Waals surface area contributed by atoms with Crippen molar-refractivity contribution >= 4 is 41.7 Å². The molecule has 9 heteroatoms. The van der Waals surface area contributed by atoms with Crippen molar-refractivity contribution in [2.45, 2.75) is 11.8 Å². The Bertz CT molecular complexity index is 689. The maximum atomic E-state index is 13.2. The van der Waals surface area contributed by atoms with Crippen molar-refractivity contribution in [1.82, 2.24) is 9.97 Å². The highest BCUT2D eigenvalue weighted by atomic mass is 35.5. The number of hydrogen-bond donors (Lipinski definition) is 4. The SMILES string of the molecule is COCCCNc1nc(Nc2ccc(F)c(Cl)c2)ncc1C(N)S. The molecular formula is C15H19ClFN5OS. The lowest BCUT2D eigenvalue weighted by Crippen LogP contribution is -2.13. The molecule has 0 bridgehead atoms. The third kappa shape index (κ3) is 5.20. The highest BCUT2D eigenvalue weighted by molar-refractivity contribution is 7.80. The first kappa shape index (κ1) is 18.7. The summed E-state index contributed by atoms with van der Waals surface area (Å²) in [7, 11) is 1.65. The molecule has 1 aromatic carbocycles. The predicted molar refractivity (Wildman–Crippen MR) is 97.6 cm³/mol. The molecule has 1 heterocycles. The van der Waals surface area contributed by atoms with E-state index >= 15 is 0 Å². The summed E-state index contributed by atoms with van der Waals surface area (Å²) in [4.78, 5) is 8.60. The zero-order valence-electron chi connectivity index (χ0n) is 13.1. The molecule has 1 atom stereocenters. The van der Waals surface area contributed by atoms with Crippen molar-refractivity contribution in [1.29, 1.82) is 0 Å². The Kier molecular flexibility index (Phi) is 7.04. The van der Waals surface area contributed by atoms with E-state index in [0.717, 1.165) is 6.42 Å². The molecule has 24 heavy (non-hydrogen) atoms. The molecule has 2 rings (SSSR count). The van der Waals surface area contributed by atoms with E-state index in [1.807, 2.05) is 0 Å². The number of methoxy groups -OCH3 is 1.